The van der Waals surface area contributed by atoms with Gasteiger partial charge in [0.15, 0.2) is 0 Å². The number of hydrogen-bond donors (Lipinski definition) is 1. The molecule has 2 aromatic rings. The van der Waals surface area contributed by atoms with Crippen molar-refractivity contribution >= 4 is 15.8 Å². The normalized spacial score (nSPS) is 17.8. The van der Waals surface area contributed by atoms with E-state index in [1.54, 1.807) is 6.33 Å². The first-order valence-corrected chi connectivity index (χ1v) is 10.6. The third kappa shape index (κ3) is 3.66. The topological polar surface area (TPSA) is 84.4 Å². The van der Waals surface area contributed by atoms with Gasteiger partial charge in [0.25, 0.3) is 0 Å². The van der Waals surface area contributed by atoms with Crippen LogP contribution in [0, 0.1) is 0 Å². The van der Waals surface area contributed by atoms with Crippen LogP contribution < -0.4 is 14.4 Å². The van der Waals surface area contributed by atoms with Gasteiger partial charge in [-0.1, -0.05) is 18.2 Å². The highest BCUT2D eigenvalue weighted by molar-refractivity contribution is 7.88. The number of sulfonamides is 1. The maximum absolute atomic E-state index is 11.4. The molecule has 2 aliphatic heterocycles. The van der Waals surface area contributed by atoms with E-state index in [-0.39, 0.29) is 6.04 Å². The highest BCUT2D eigenvalue weighted by Gasteiger charge is 2.26. The minimum absolute atomic E-state index is 0.00856. The lowest BCUT2D eigenvalue weighted by Crippen LogP contribution is -2.44. The van der Waals surface area contributed by atoms with E-state index >= 15 is 0 Å². The number of para-hydroxylation sites is 1. The van der Waals surface area contributed by atoms with Gasteiger partial charge in [-0.3, -0.25) is 0 Å². The van der Waals surface area contributed by atoms with E-state index in [1.807, 2.05) is 18.2 Å². The fraction of sp³-hybridized carbons (Fsp3) is 0.444. The van der Waals surface area contributed by atoms with Gasteiger partial charge in [0.2, 0.25) is 10.0 Å². The first kappa shape index (κ1) is 17.2. The zero-order chi connectivity index (χ0) is 18.1. The summed E-state index contributed by atoms with van der Waals surface area (Å²) in [6.45, 7) is 1.96. The van der Waals surface area contributed by atoms with E-state index < -0.39 is 10.0 Å². The van der Waals surface area contributed by atoms with Crippen LogP contribution in [0.25, 0.3) is 0 Å². The van der Waals surface area contributed by atoms with Gasteiger partial charge in [0, 0.05) is 31.1 Å². The molecule has 7 nitrogen and oxygen atoms in total. The van der Waals surface area contributed by atoms with Gasteiger partial charge in [-0.05, 0) is 24.5 Å². The highest BCUT2D eigenvalue weighted by Crippen LogP contribution is 2.32. The summed E-state index contributed by atoms with van der Waals surface area (Å²) in [4.78, 5) is 11.2. The molecule has 1 aromatic carbocycles. The molecule has 1 fully saturated rings. The van der Waals surface area contributed by atoms with Crippen LogP contribution in [-0.4, -0.2) is 43.8 Å². The molecular formula is C18H22N4O3S. The zero-order valence-electron chi connectivity index (χ0n) is 14.7. The molecule has 0 amide bonds. The van der Waals surface area contributed by atoms with Crippen molar-refractivity contribution in [3.05, 3.63) is 47.4 Å². The Balaban J connectivity index is 1.57. The highest BCUT2D eigenvalue weighted by atomic mass is 32.2. The lowest BCUT2D eigenvalue weighted by Gasteiger charge is -2.34. The van der Waals surface area contributed by atoms with Crippen LogP contribution in [0.5, 0.6) is 5.75 Å². The van der Waals surface area contributed by atoms with Crippen molar-refractivity contribution in [3.63, 3.8) is 0 Å². The molecule has 0 atom stereocenters. The van der Waals surface area contributed by atoms with Crippen molar-refractivity contribution in [3.8, 4) is 5.75 Å². The SMILES string of the molecule is CS(=O)(=O)NC1CCN(c2ncnc3c2Cc2ccccc2OC3)CC1. The van der Waals surface area contributed by atoms with Gasteiger partial charge in [0.1, 0.15) is 24.5 Å². The molecule has 26 heavy (non-hydrogen) atoms. The Morgan fingerprint density at radius 1 is 1.19 bits per heavy atom. The molecule has 0 bridgehead atoms. The van der Waals surface area contributed by atoms with Crippen LogP contribution in [0.15, 0.2) is 30.6 Å². The number of hydrogen-bond acceptors (Lipinski definition) is 6. The Bertz CT molecular complexity index is 908. The molecule has 0 unspecified atom stereocenters. The molecule has 0 aliphatic carbocycles. The van der Waals surface area contributed by atoms with Crippen molar-refractivity contribution in [1.82, 2.24) is 14.7 Å². The lowest BCUT2D eigenvalue weighted by molar-refractivity contribution is 0.302. The predicted octanol–water partition coefficient (Wildman–Crippen LogP) is 1.48. The number of ether oxygens (including phenoxy) is 1. The molecule has 4 rings (SSSR count). The maximum atomic E-state index is 11.4. The van der Waals surface area contributed by atoms with Gasteiger partial charge in [-0.25, -0.2) is 23.1 Å². The number of fused-ring (bicyclic) bond motifs is 2. The minimum Gasteiger partial charge on any atom is -0.487 e. The fourth-order valence-electron chi connectivity index (χ4n) is 3.66. The van der Waals surface area contributed by atoms with E-state index in [9.17, 15) is 8.42 Å². The average molecular weight is 374 g/mol. The van der Waals surface area contributed by atoms with E-state index in [1.165, 1.54) is 6.26 Å². The molecule has 0 spiro atoms. The molecule has 1 N–H and O–H groups in total. The van der Waals surface area contributed by atoms with Crippen LogP contribution in [0.1, 0.15) is 29.7 Å². The van der Waals surface area contributed by atoms with Gasteiger partial charge in [-0.15, -0.1) is 0 Å². The summed E-state index contributed by atoms with van der Waals surface area (Å²) in [5.41, 5.74) is 3.16. The molecule has 138 valence electrons. The predicted molar refractivity (Wildman–Crippen MR) is 98.8 cm³/mol. The van der Waals surface area contributed by atoms with E-state index in [4.69, 9.17) is 4.74 Å². The quantitative estimate of drug-likeness (QED) is 0.876. The number of piperidine rings is 1. The van der Waals surface area contributed by atoms with Crippen molar-refractivity contribution in [1.29, 1.82) is 0 Å². The van der Waals surface area contributed by atoms with Crippen LogP contribution in [0.2, 0.25) is 0 Å². The summed E-state index contributed by atoms with van der Waals surface area (Å²) < 4.78 is 31.5. The summed E-state index contributed by atoms with van der Waals surface area (Å²) in [5, 5.41) is 0. The van der Waals surface area contributed by atoms with Gasteiger partial charge in [0.05, 0.1) is 11.9 Å². The Morgan fingerprint density at radius 2 is 1.96 bits per heavy atom. The number of aromatic nitrogens is 2. The monoisotopic (exact) mass is 374 g/mol. The van der Waals surface area contributed by atoms with E-state index in [0.29, 0.717) is 6.61 Å². The molecule has 0 radical (unpaired) electrons. The van der Waals surface area contributed by atoms with E-state index in [2.05, 4.69) is 25.7 Å². The lowest BCUT2D eigenvalue weighted by atomic mass is 10.0. The summed E-state index contributed by atoms with van der Waals surface area (Å²) >= 11 is 0. The minimum atomic E-state index is -3.17. The largest absolute Gasteiger partial charge is 0.487 e. The van der Waals surface area contributed by atoms with E-state index in [0.717, 1.165) is 60.7 Å². The summed E-state index contributed by atoms with van der Waals surface area (Å²) in [6, 6.07) is 8.03. The number of nitrogens with zero attached hydrogens (tertiary/aromatic N) is 3. The molecule has 3 heterocycles. The number of nitrogens with one attached hydrogen (secondary N) is 1. The maximum Gasteiger partial charge on any atom is 0.208 e. The molecule has 1 aromatic heterocycles. The standard InChI is InChI=1S/C18H22N4O3S/c1-26(23,24)21-14-6-8-22(9-7-14)18-15-10-13-4-2-3-5-17(13)25-11-16(15)19-12-20-18/h2-5,12,14,21H,6-11H2,1H3. The van der Waals surface area contributed by atoms with Crippen LogP contribution in [0.4, 0.5) is 5.82 Å². The van der Waals surface area contributed by atoms with Gasteiger partial charge < -0.3 is 9.64 Å². The second-order valence-electron chi connectivity index (χ2n) is 6.85. The Kier molecular flexibility index (Phi) is 4.54. The summed E-state index contributed by atoms with van der Waals surface area (Å²) in [7, 11) is -3.17. The van der Waals surface area contributed by atoms with Crippen molar-refractivity contribution in [2.24, 2.45) is 0 Å². The van der Waals surface area contributed by atoms with Crippen LogP contribution in [0.3, 0.4) is 0 Å². The number of rotatable bonds is 3. The van der Waals surface area contributed by atoms with Gasteiger partial charge in [-0.2, -0.15) is 0 Å². The summed E-state index contributed by atoms with van der Waals surface area (Å²) in [6.07, 6.45) is 5.07. The first-order chi connectivity index (χ1) is 12.5. The molecule has 2 aliphatic rings. The smallest absolute Gasteiger partial charge is 0.208 e. The third-order valence-corrected chi connectivity index (χ3v) is 5.65. The molecule has 0 saturated carbocycles. The Hall–Kier alpha value is -2.19. The second kappa shape index (κ2) is 6.85. The average Bonchev–Trinajstić information content (AvgIpc) is 2.80. The molecule has 8 heteroatoms. The van der Waals surface area contributed by atoms with Crippen LogP contribution >= 0.6 is 0 Å². The third-order valence-electron chi connectivity index (χ3n) is 4.89. The number of anilines is 1. The fourth-order valence-corrected chi connectivity index (χ4v) is 4.50. The van der Waals surface area contributed by atoms with Crippen molar-refractivity contribution in [2.45, 2.75) is 31.9 Å². The van der Waals surface area contributed by atoms with Crippen LogP contribution in [-0.2, 0) is 23.1 Å². The molecular weight excluding hydrogens is 352 g/mol. The summed E-state index contributed by atoms with van der Waals surface area (Å²) in [5.74, 6) is 1.83. The first-order valence-electron chi connectivity index (χ1n) is 8.75. The Labute approximate surface area is 153 Å². The zero-order valence-corrected chi connectivity index (χ0v) is 15.5. The molecule has 1 saturated heterocycles. The number of benzene rings is 1. The second-order valence-corrected chi connectivity index (χ2v) is 8.63. The Morgan fingerprint density at radius 3 is 2.73 bits per heavy atom. The van der Waals surface area contributed by atoms with Crippen molar-refractivity contribution in [2.75, 3.05) is 24.2 Å². The van der Waals surface area contributed by atoms with Crippen molar-refractivity contribution < 1.29 is 13.2 Å². The van der Waals surface area contributed by atoms with Gasteiger partial charge >= 0.3 is 0 Å².